The van der Waals surface area contributed by atoms with Crippen molar-refractivity contribution in [2.45, 2.75) is 38.0 Å². The van der Waals surface area contributed by atoms with Crippen LogP contribution in [0.1, 0.15) is 34.5 Å². The van der Waals surface area contributed by atoms with E-state index in [-0.39, 0.29) is 17.5 Å². The van der Waals surface area contributed by atoms with Gasteiger partial charge >= 0.3 is 11.7 Å². The number of aromatic nitrogens is 2. The maximum absolute atomic E-state index is 12.9. The van der Waals surface area contributed by atoms with Gasteiger partial charge in [0.05, 0.1) is 18.0 Å². The van der Waals surface area contributed by atoms with Crippen molar-refractivity contribution in [1.82, 2.24) is 9.13 Å². The van der Waals surface area contributed by atoms with Crippen molar-refractivity contribution in [3.8, 4) is 0 Å². The van der Waals surface area contributed by atoms with E-state index in [9.17, 15) is 19.5 Å². The molecule has 1 fully saturated rings. The molecule has 2 unspecified atom stereocenters. The van der Waals surface area contributed by atoms with Crippen LogP contribution in [0.4, 0.5) is 0 Å². The minimum absolute atomic E-state index is 0.165. The highest BCUT2D eigenvalue weighted by Crippen LogP contribution is 2.26. The van der Waals surface area contributed by atoms with E-state index in [0.717, 1.165) is 16.9 Å². The number of aryl methyl sites for hydroxylation is 1. The molecule has 2 atom stereocenters. The van der Waals surface area contributed by atoms with Crippen LogP contribution < -0.4 is 11.2 Å². The van der Waals surface area contributed by atoms with Gasteiger partial charge in [-0.25, -0.2) is 9.59 Å². The Labute approximate surface area is 164 Å². The average Bonchev–Trinajstić information content (AvgIpc) is 3.31. The number of ether oxygens (including phenoxy) is 1. The monoisotopic (exact) mass is 400 g/mol. The number of hydrogen-bond acceptors (Lipinski definition) is 6. The summed E-state index contributed by atoms with van der Waals surface area (Å²) in [5, 5.41) is 9.90. The molecule has 1 aliphatic rings. The van der Waals surface area contributed by atoms with Gasteiger partial charge in [-0.1, -0.05) is 30.3 Å². The van der Waals surface area contributed by atoms with Crippen molar-refractivity contribution in [2.75, 3.05) is 0 Å². The summed E-state index contributed by atoms with van der Waals surface area (Å²) >= 11 is 1.07. The molecule has 0 saturated heterocycles. The number of fused-ring (bicyclic) bond motifs is 1. The number of nitrogens with zero attached hydrogens (tertiary/aromatic N) is 2. The second kappa shape index (κ2) is 7.37. The molecule has 1 N–H and O–H groups in total. The van der Waals surface area contributed by atoms with Crippen LogP contribution in [-0.4, -0.2) is 32.4 Å². The Hall–Kier alpha value is -2.71. The van der Waals surface area contributed by atoms with Crippen LogP contribution in [0.2, 0.25) is 0 Å². The Morgan fingerprint density at radius 1 is 1.25 bits per heavy atom. The molecule has 7 nitrogen and oxygen atoms in total. The zero-order valence-corrected chi connectivity index (χ0v) is 16.1. The molecule has 1 aliphatic carbocycles. The number of esters is 1. The third kappa shape index (κ3) is 3.41. The molecular formula is C20H20N2O5S. The van der Waals surface area contributed by atoms with E-state index < -0.39 is 23.3 Å². The molecule has 2 heterocycles. The fourth-order valence-electron chi connectivity index (χ4n) is 3.52. The number of carbonyl (C=O) groups excluding carboxylic acids is 1. The maximum atomic E-state index is 12.9. The fourth-order valence-corrected chi connectivity index (χ4v) is 4.51. The smallest absolute Gasteiger partial charge is 0.348 e. The molecule has 8 heteroatoms. The molecule has 0 amide bonds. The zero-order chi connectivity index (χ0) is 19.8. The first-order chi connectivity index (χ1) is 13.4. The molecule has 1 aromatic carbocycles. The largest absolute Gasteiger partial charge is 0.458 e. The van der Waals surface area contributed by atoms with Gasteiger partial charge in [0.2, 0.25) is 0 Å². The lowest BCUT2D eigenvalue weighted by atomic mass is 10.2. The van der Waals surface area contributed by atoms with Crippen LogP contribution in [-0.2, 0) is 18.3 Å². The third-order valence-electron chi connectivity index (χ3n) is 5.03. The molecule has 0 radical (unpaired) electrons. The molecular weight excluding hydrogens is 380 g/mol. The van der Waals surface area contributed by atoms with Gasteiger partial charge < -0.3 is 9.84 Å². The summed E-state index contributed by atoms with van der Waals surface area (Å²) < 4.78 is 8.01. The van der Waals surface area contributed by atoms with Gasteiger partial charge in [-0.15, -0.1) is 11.3 Å². The lowest BCUT2D eigenvalue weighted by molar-refractivity contribution is 0.0293. The number of aliphatic hydroxyl groups is 1. The van der Waals surface area contributed by atoms with Gasteiger partial charge in [-0.05, 0) is 24.5 Å². The van der Waals surface area contributed by atoms with E-state index in [4.69, 9.17) is 4.74 Å². The predicted molar refractivity (Wildman–Crippen MR) is 106 cm³/mol. The van der Waals surface area contributed by atoms with Gasteiger partial charge in [-0.3, -0.25) is 13.9 Å². The number of thiophene rings is 1. The Morgan fingerprint density at radius 2 is 2.00 bits per heavy atom. The van der Waals surface area contributed by atoms with Gasteiger partial charge in [0.1, 0.15) is 15.8 Å². The first kappa shape index (κ1) is 18.6. The maximum Gasteiger partial charge on any atom is 0.348 e. The highest BCUT2D eigenvalue weighted by molar-refractivity contribution is 7.20. The number of hydrogen-bond donors (Lipinski definition) is 1. The Kier molecular flexibility index (Phi) is 4.91. The van der Waals surface area contributed by atoms with Crippen molar-refractivity contribution >= 4 is 27.5 Å². The van der Waals surface area contributed by atoms with E-state index in [0.29, 0.717) is 29.5 Å². The SMILES string of the molecule is Cn1c(=O)n(Cc2ccccc2)c(=O)c2cc(C(=O)OC3CCC(O)C3)sc21. The standard InChI is InChI=1S/C20H20N2O5S/c1-21-18-15(10-16(28-18)19(25)27-14-8-7-13(23)9-14)17(24)22(20(21)26)11-12-5-3-2-4-6-12/h2-6,10,13-14,23H,7-9,11H2,1H3. The van der Waals surface area contributed by atoms with E-state index in [2.05, 4.69) is 0 Å². The number of rotatable bonds is 4. The van der Waals surface area contributed by atoms with E-state index in [1.165, 1.54) is 15.2 Å². The molecule has 0 bridgehead atoms. The molecule has 1 saturated carbocycles. The first-order valence-electron chi connectivity index (χ1n) is 9.10. The molecule has 0 spiro atoms. The number of aliphatic hydroxyl groups excluding tert-OH is 1. The highest BCUT2D eigenvalue weighted by Gasteiger charge is 2.27. The van der Waals surface area contributed by atoms with E-state index in [1.807, 2.05) is 30.3 Å². The van der Waals surface area contributed by atoms with Crippen LogP contribution in [0.15, 0.2) is 46.0 Å². The number of carbonyl (C=O) groups is 1. The molecule has 28 heavy (non-hydrogen) atoms. The van der Waals surface area contributed by atoms with E-state index >= 15 is 0 Å². The van der Waals surface area contributed by atoms with E-state index in [1.54, 1.807) is 7.05 Å². The van der Waals surface area contributed by atoms with Crippen LogP contribution in [0.3, 0.4) is 0 Å². The van der Waals surface area contributed by atoms with Crippen molar-refractivity contribution in [1.29, 1.82) is 0 Å². The molecule has 4 rings (SSSR count). The third-order valence-corrected chi connectivity index (χ3v) is 6.22. The van der Waals surface area contributed by atoms with Crippen molar-refractivity contribution in [3.05, 3.63) is 67.7 Å². The summed E-state index contributed by atoms with van der Waals surface area (Å²) in [6, 6.07) is 10.8. The summed E-state index contributed by atoms with van der Waals surface area (Å²) in [6.45, 7) is 0.165. The average molecular weight is 400 g/mol. The molecule has 146 valence electrons. The minimum Gasteiger partial charge on any atom is -0.458 e. The zero-order valence-electron chi connectivity index (χ0n) is 15.3. The number of benzene rings is 1. The topological polar surface area (TPSA) is 90.5 Å². The summed E-state index contributed by atoms with van der Waals surface area (Å²) in [6.07, 6.45) is 0.917. The Bertz CT molecular complexity index is 1150. The van der Waals surface area contributed by atoms with Crippen molar-refractivity contribution in [3.63, 3.8) is 0 Å². The summed E-state index contributed by atoms with van der Waals surface area (Å²) in [5.41, 5.74) is -0.00807. The Morgan fingerprint density at radius 3 is 2.68 bits per heavy atom. The minimum atomic E-state index is -0.526. The quantitative estimate of drug-likeness (QED) is 0.676. The summed E-state index contributed by atoms with van der Waals surface area (Å²) in [4.78, 5) is 38.8. The fraction of sp³-hybridized carbons (Fsp3) is 0.350. The van der Waals surface area contributed by atoms with Gasteiger partial charge in [0.25, 0.3) is 5.56 Å². The molecule has 0 aliphatic heterocycles. The summed E-state index contributed by atoms with van der Waals surface area (Å²) in [5.74, 6) is -0.526. The second-order valence-corrected chi connectivity index (χ2v) is 8.07. The molecule has 3 aromatic rings. The van der Waals surface area contributed by atoms with Gasteiger partial charge in [0, 0.05) is 13.5 Å². The van der Waals surface area contributed by atoms with Gasteiger partial charge in [-0.2, -0.15) is 0 Å². The first-order valence-corrected chi connectivity index (χ1v) is 9.92. The van der Waals surface area contributed by atoms with Crippen molar-refractivity contribution in [2.24, 2.45) is 7.05 Å². The van der Waals surface area contributed by atoms with Crippen LogP contribution in [0, 0.1) is 0 Å². The highest BCUT2D eigenvalue weighted by atomic mass is 32.1. The van der Waals surface area contributed by atoms with Crippen LogP contribution in [0.25, 0.3) is 10.2 Å². The van der Waals surface area contributed by atoms with Crippen molar-refractivity contribution < 1.29 is 14.6 Å². The lowest BCUT2D eigenvalue weighted by Crippen LogP contribution is -2.38. The van der Waals surface area contributed by atoms with Crippen LogP contribution in [0.5, 0.6) is 0 Å². The predicted octanol–water partition coefficient (Wildman–Crippen LogP) is 1.88. The Balaban J connectivity index is 1.70. The second-order valence-electron chi connectivity index (χ2n) is 7.04. The van der Waals surface area contributed by atoms with Gasteiger partial charge in [0.15, 0.2) is 0 Å². The summed E-state index contributed by atoms with van der Waals surface area (Å²) in [7, 11) is 1.59. The van der Waals surface area contributed by atoms with Crippen LogP contribution >= 0.6 is 11.3 Å². The lowest BCUT2D eigenvalue weighted by Gasteiger charge is -2.10. The normalized spacial score (nSPS) is 19.2. The molecule has 2 aromatic heterocycles.